The standard InChI is InChI=1S/C11H15Cl2N3O2S3/c12-9-5-8(11(13)20-9)21(17,18)15-7-1-3-16(4-2-7)6-10(14)19/h5,7,15H,1-4,6H2,(H2,14,19). The van der Waals surface area contributed by atoms with Crippen molar-refractivity contribution in [2.75, 3.05) is 19.6 Å². The van der Waals surface area contributed by atoms with E-state index in [4.69, 9.17) is 41.2 Å². The van der Waals surface area contributed by atoms with Crippen LogP contribution in [0.15, 0.2) is 11.0 Å². The lowest BCUT2D eigenvalue weighted by atomic mass is 10.1. The van der Waals surface area contributed by atoms with Crippen molar-refractivity contribution in [2.45, 2.75) is 23.8 Å². The Bertz CT molecular complexity index is 625. The molecule has 0 amide bonds. The maximum atomic E-state index is 12.3. The van der Waals surface area contributed by atoms with E-state index in [2.05, 4.69) is 9.62 Å². The topological polar surface area (TPSA) is 75.4 Å². The van der Waals surface area contributed by atoms with Crippen molar-refractivity contribution >= 4 is 61.8 Å². The van der Waals surface area contributed by atoms with E-state index >= 15 is 0 Å². The monoisotopic (exact) mass is 387 g/mol. The summed E-state index contributed by atoms with van der Waals surface area (Å²) in [6.07, 6.45) is 1.41. The highest BCUT2D eigenvalue weighted by atomic mass is 35.5. The summed E-state index contributed by atoms with van der Waals surface area (Å²) >= 11 is 17.6. The number of nitrogens with one attached hydrogen (secondary N) is 1. The van der Waals surface area contributed by atoms with Crippen molar-refractivity contribution in [2.24, 2.45) is 5.73 Å². The largest absolute Gasteiger partial charge is 0.392 e. The van der Waals surface area contributed by atoms with Gasteiger partial charge in [0, 0.05) is 25.7 Å². The third-order valence-electron chi connectivity index (χ3n) is 3.20. The molecule has 0 spiro atoms. The summed E-state index contributed by atoms with van der Waals surface area (Å²) in [5, 5.41) is 0. The molecule has 3 N–H and O–H groups in total. The number of hydrogen-bond acceptors (Lipinski definition) is 5. The minimum absolute atomic E-state index is 0.0460. The lowest BCUT2D eigenvalue weighted by Crippen LogP contribution is -2.46. The van der Waals surface area contributed by atoms with Gasteiger partial charge in [-0.3, -0.25) is 4.90 Å². The summed E-state index contributed by atoms with van der Waals surface area (Å²) in [6.45, 7) is 2.08. The molecule has 5 nitrogen and oxygen atoms in total. The Morgan fingerprint density at radius 2 is 2.10 bits per heavy atom. The predicted molar refractivity (Wildman–Crippen MR) is 90.9 cm³/mol. The van der Waals surface area contributed by atoms with Crippen LogP contribution in [0.4, 0.5) is 0 Å². The lowest BCUT2D eigenvalue weighted by molar-refractivity contribution is 0.233. The predicted octanol–water partition coefficient (Wildman–Crippen LogP) is 2.08. The van der Waals surface area contributed by atoms with Gasteiger partial charge in [0.1, 0.15) is 9.23 Å². The highest BCUT2D eigenvalue weighted by molar-refractivity contribution is 7.89. The number of thiophene rings is 1. The molecule has 1 aromatic heterocycles. The zero-order chi connectivity index (χ0) is 15.6. The number of sulfonamides is 1. The van der Waals surface area contributed by atoms with E-state index in [0.29, 0.717) is 28.7 Å². The van der Waals surface area contributed by atoms with Gasteiger partial charge in [0.05, 0.1) is 9.32 Å². The first kappa shape index (κ1) is 17.4. The van der Waals surface area contributed by atoms with Crippen LogP contribution in [0.25, 0.3) is 0 Å². The molecule has 1 aliphatic heterocycles. The Labute approximate surface area is 143 Å². The molecule has 0 saturated carbocycles. The maximum Gasteiger partial charge on any atom is 0.243 e. The molecule has 10 heteroatoms. The number of nitrogens with two attached hydrogens (primary N) is 1. The van der Waals surface area contributed by atoms with Crippen molar-refractivity contribution in [3.63, 3.8) is 0 Å². The van der Waals surface area contributed by atoms with Gasteiger partial charge in [0.2, 0.25) is 10.0 Å². The van der Waals surface area contributed by atoms with Gasteiger partial charge in [0.25, 0.3) is 0 Å². The van der Waals surface area contributed by atoms with Gasteiger partial charge in [-0.25, -0.2) is 13.1 Å². The molecule has 118 valence electrons. The molecule has 21 heavy (non-hydrogen) atoms. The van der Waals surface area contributed by atoms with Crippen LogP contribution in [0.2, 0.25) is 8.67 Å². The van der Waals surface area contributed by atoms with Crippen molar-refractivity contribution in [3.05, 3.63) is 14.7 Å². The average molecular weight is 388 g/mol. The molecule has 0 atom stereocenters. The molecule has 0 aromatic carbocycles. The zero-order valence-corrected chi connectivity index (χ0v) is 15.0. The molecule has 2 heterocycles. The van der Waals surface area contributed by atoms with Crippen LogP contribution >= 0.6 is 46.8 Å². The van der Waals surface area contributed by atoms with Gasteiger partial charge in [0.15, 0.2) is 0 Å². The smallest absolute Gasteiger partial charge is 0.243 e. The first-order valence-electron chi connectivity index (χ1n) is 6.26. The van der Waals surface area contributed by atoms with Gasteiger partial charge < -0.3 is 5.73 Å². The van der Waals surface area contributed by atoms with Crippen LogP contribution in [0, 0.1) is 0 Å². The molecule has 1 fully saturated rings. The number of rotatable bonds is 5. The number of thiocarbonyl (C=S) groups is 1. The summed E-state index contributed by atoms with van der Waals surface area (Å²) in [5.41, 5.74) is 5.51. The van der Waals surface area contributed by atoms with E-state index in [9.17, 15) is 8.42 Å². The third-order valence-corrected chi connectivity index (χ3v) is 6.61. The molecule has 1 aromatic rings. The van der Waals surface area contributed by atoms with Gasteiger partial charge in [-0.2, -0.15) is 0 Å². The Kier molecular flexibility index (Phi) is 5.86. The highest BCUT2D eigenvalue weighted by Crippen LogP contribution is 2.34. The molecular weight excluding hydrogens is 373 g/mol. The first-order valence-corrected chi connectivity index (χ1v) is 9.72. The van der Waals surface area contributed by atoms with Crippen LogP contribution in [-0.2, 0) is 10.0 Å². The van der Waals surface area contributed by atoms with Crippen LogP contribution in [-0.4, -0.2) is 44.0 Å². The fraction of sp³-hybridized carbons (Fsp3) is 0.545. The molecule has 0 aliphatic carbocycles. The van der Waals surface area contributed by atoms with E-state index in [0.717, 1.165) is 24.4 Å². The molecule has 0 radical (unpaired) electrons. The highest BCUT2D eigenvalue weighted by Gasteiger charge is 2.27. The number of halogens is 2. The number of likely N-dealkylation sites (tertiary alicyclic amines) is 1. The normalized spacial score (nSPS) is 18.0. The fourth-order valence-electron chi connectivity index (χ4n) is 2.22. The Hall–Kier alpha value is 0.0400. The van der Waals surface area contributed by atoms with Crippen LogP contribution in [0.1, 0.15) is 12.8 Å². The van der Waals surface area contributed by atoms with Crippen molar-refractivity contribution < 1.29 is 8.42 Å². The Morgan fingerprint density at radius 1 is 1.48 bits per heavy atom. The summed E-state index contributed by atoms with van der Waals surface area (Å²) < 4.78 is 27.8. The lowest BCUT2D eigenvalue weighted by Gasteiger charge is -2.31. The second-order valence-corrected chi connectivity index (χ2v) is 9.32. The molecule has 1 aliphatic rings. The van der Waals surface area contributed by atoms with Crippen LogP contribution < -0.4 is 10.5 Å². The Balaban J connectivity index is 1.97. The van der Waals surface area contributed by atoms with Crippen molar-refractivity contribution in [3.8, 4) is 0 Å². The summed E-state index contributed by atoms with van der Waals surface area (Å²) in [4.78, 5) is 2.61. The van der Waals surface area contributed by atoms with E-state index in [1.54, 1.807) is 0 Å². The SMILES string of the molecule is NC(=S)CN1CCC(NS(=O)(=O)c2cc(Cl)sc2Cl)CC1. The van der Waals surface area contributed by atoms with Gasteiger partial charge >= 0.3 is 0 Å². The zero-order valence-electron chi connectivity index (χ0n) is 11.0. The van der Waals surface area contributed by atoms with E-state index in [-0.39, 0.29) is 15.3 Å². The number of nitrogens with zero attached hydrogens (tertiary/aromatic N) is 1. The molecular formula is C11H15Cl2N3O2S3. The fourth-order valence-corrected chi connectivity index (χ4v) is 5.86. The maximum absolute atomic E-state index is 12.3. The molecule has 2 rings (SSSR count). The molecule has 1 saturated heterocycles. The molecule has 0 unspecified atom stereocenters. The average Bonchev–Trinajstić information content (AvgIpc) is 2.71. The number of piperidine rings is 1. The second kappa shape index (κ2) is 7.08. The Morgan fingerprint density at radius 3 is 2.57 bits per heavy atom. The van der Waals surface area contributed by atoms with E-state index in [1.807, 2.05) is 0 Å². The minimum atomic E-state index is -3.64. The van der Waals surface area contributed by atoms with Gasteiger partial charge in [-0.1, -0.05) is 35.4 Å². The van der Waals surface area contributed by atoms with E-state index < -0.39 is 10.0 Å². The van der Waals surface area contributed by atoms with E-state index in [1.165, 1.54) is 6.07 Å². The van der Waals surface area contributed by atoms with Crippen molar-refractivity contribution in [1.29, 1.82) is 0 Å². The summed E-state index contributed by atoms with van der Waals surface area (Å²) in [5.74, 6) is 0. The first-order chi connectivity index (χ1) is 9.78. The van der Waals surface area contributed by atoms with Gasteiger partial charge in [-0.15, -0.1) is 11.3 Å². The molecule has 0 bridgehead atoms. The number of hydrogen-bond donors (Lipinski definition) is 2. The summed E-state index contributed by atoms with van der Waals surface area (Å²) in [7, 11) is -3.64. The third kappa shape index (κ3) is 4.75. The second-order valence-electron chi connectivity index (χ2n) is 4.83. The van der Waals surface area contributed by atoms with Crippen LogP contribution in [0.5, 0.6) is 0 Å². The van der Waals surface area contributed by atoms with Crippen molar-refractivity contribution in [1.82, 2.24) is 9.62 Å². The van der Waals surface area contributed by atoms with Gasteiger partial charge in [-0.05, 0) is 18.9 Å². The minimum Gasteiger partial charge on any atom is -0.392 e. The summed E-state index contributed by atoms with van der Waals surface area (Å²) in [6, 6.07) is 1.26. The quantitative estimate of drug-likeness (QED) is 0.756. The van der Waals surface area contributed by atoms with Crippen LogP contribution in [0.3, 0.4) is 0 Å².